The van der Waals surface area contributed by atoms with Gasteiger partial charge in [-0.3, -0.25) is 4.79 Å². The molecule has 1 aliphatic carbocycles. The van der Waals surface area contributed by atoms with E-state index in [4.69, 9.17) is 0 Å². The lowest BCUT2D eigenvalue weighted by Crippen LogP contribution is -2.40. The van der Waals surface area contributed by atoms with E-state index in [2.05, 4.69) is 15.6 Å². The van der Waals surface area contributed by atoms with Gasteiger partial charge in [-0.2, -0.15) is 0 Å². The molecule has 23 heavy (non-hydrogen) atoms. The molecule has 1 aliphatic rings. The smallest absolute Gasteiger partial charge is 0.273 e. The van der Waals surface area contributed by atoms with Crippen LogP contribution in [0.3, 0.4) is 0 Å². The fourth-order valence-corrected chi connectivity index (χ4v) is 2.85. The molecule has 1 saturated carbocycles. The van der Waals surface area contributed by atoms with Gasteiger partial charge in [-0.25, -0.2) is 9.07 Å². The third kappa shape index (κ3) is 3.92. The van der Waals surface area contributed by atoms with Crippen LogP contribution in [0.4, 0.5) is 4.39 Å². The van der Waals surface area contributed by atoms with Crippen molar-refractivity contribution in [3.8, 4) is 0 Å². The summed E-state index contributed by atoms with van der Waals surface area (Å²) in [6.45, 7) is 0.560. The van der Waals surface area contributed by atoms with Gasteiger partial charge in [0.05, 0.1) is 18.3 Å². The standard InChI is InChI=1S/C16H19FN4O2/c17-13-5-3-4-12(8-13)9-21-10-14(19-20-21)15(22)18-11-16(23)6-1-2-7-16/h3-5,8,10,23H,1-2,6-7,9,11H2,(H,18,22). The van der Waals surface area contributed by atoms with Gasteiger partial charge in [0.25, 0.3) is 5.91 Å². The Morgan fingerprint density at radius 3 is 2.91 bits per heavy atom. The highest BCUT2D eigenvalue weighted by molar-refractivity contribution is 5.91. The van der Waals surface area contributed by atoms with Crippen LogP contribution in [0.15, 0.2) is 30.5 Å². The molecule has 122 valence electrons. The van der Waals surface area contributed by atoms with E-state index in [-0.39, 0.29) is 24.0 Å². The number of rotatable bonds is 5. The van der Waals surface area contributed by atoms with Crippen molar-refractivity contribution >= 4 is 5.91 Å². The predicted molar refractivity (Wildman–Crippen MR) is 81.3 cm³/mol. The zero-order chi connectivity index (χ0) is 16.3. The second-order valence-corrected chi connectivity index (χ2v) is 6.05. The Bertz CT molecular complexity index is 695. The first-order chi connectivity index (χ1) is 11.0. The quantitative estimate of drug-likeness (QED) is 0.875. The Labute approximate surface area is 133 Å². The van der Waals surface area contributed by atoms with E-state index in [0.29, 0.717) is 19.4 Å². The Hall–Kier alpha value is -2.28. The summed E-state index contributed by atoms with van der Waals surface area (Å²) in [5, 5.41) is 20.6. The zero-order valence-electron chi connectivity index (χ0n) is 12.7. The summed E-state index contributed by atoms with van der Waals surface area (Å²) in [6.07, 6.45) is 4.89. The predicted octanol–water partition coefficient (Wildman–Crippen LogP) is 1.50. The van der Waals surface area contributed by atoms with Crippen LogP contribution in [-0.4, -0.2) is 38.2 Å². The van der Waals surface area contributed by atoms with Crippen molar-refractivity contribution < 1.29 is 14.3 Å². The highest BCUT2D eigenvalue weighted by Gasteiger charge is 2.31. The van der Waals surface area contributed by atoms with E-state index >= 15 is 0 Å². The van der Waals surface area contributed by atoms with Crippen molar-refractivity contribution in [1.29, 1.82) is 0 Å². The van der Waals surface area contributed by atoms with Crippen LogP contribution in [0.5, 0.6) is 0 Å². The lowest BCUT2D eigenvalue weighted by atomic mass is 10.0. The number of nitrogens with zero attached hydrogens (tertiary/aromatic N) is 3. The molecule has 2 aromatic rings. The molecule has 0 bridgehead atoms. The summed E-state index contributed by atoms with van der Waals surface area (Å²) in [6, 6.07) is 6.19. The normalized spacial score (nSPS) is 16.4. The number of benzene rings is 1. The molecule has 1 fully saturated rings. The second-order valence-electron chi connectivity index (χ2n) is 6.05. The molecule has 1 aromatic carbocycles. The number of halogens is 1. The van der Waals surface area contributed by atoms with Crippen LogP contribution < -0.4 is 5.32 Å². The Morgan fingerprint density at radius 1 is 1.39 bits per heavy atom. The lowest BCUT2D eigenvalue weighted by molar-refractivity contribution is 0.0448. The van der Waals surface area contributed by atoms with E-state index in [9.17, 15) is 14.3 Å². The number of carbonyl (C=O) groups is 1. The van der Waals surface area contributed by atoms with Crippen molar-refractivity contribution in [2.24, 2.45) is 0 Å². The minimum absolute atomic E-state index is 0.183. The van der Waals surface area contributed by atoms with Gasteiger partial charge in [0.2, 0.25) is 0 Å². The summed E-state index contributed by atoms with van der Waals surface area (Å²) in [4.78, 5) is 12.1. The van der Waals surface area contributed by atoms with Crippen LogP contribution in [0, 0.1) is 5.82 Å². The van der Waals surface area contributed by atoms with E-state index in [0.717, 1.165) is 18.4 Å². The van der Waals surface area contributed by atoms with Gasteiger partial charge in [-0.1, -0.05) is 30.2 Å². The van der Waals surface area contributed by atoms with Gasteiger partial charge < -0.3 is 10.4 Å². The average molecular weight is 318 g/mol. The van der Waals surface area contributed by atoms with Crippen molar-refractivity contribution in [2.45, 2.75) is 37.8 Å². The van der Waals surface area contributed by atoms with Crippen molar-refractivity contribution in [3.05, 3.63) is 47.5 Å². The average Bonchev–Trinajstić information content (AvgIpc) is 3.15. The molecule has 3 rings (SSSR count). The summed E-state index contributed by atoms with van der Waals surface area (Å²) in [5.74, 6) is -0.679. The van der Waals surface area contributed by atoms with Gasteiger partial charge in [0.1, 0.15) is 5.82 Å². The first-order valence-electron chi connectivity index (χ1n) is 7.69. The first kappa shape index (κ1) is 15.6. The van der Waals surface area contributed by atoms with Crippen molar-refractivity contribution in [1.82, 2.24) is 20.3 Å². The van der Waals surface area contributed by atoms with Crippen molar-refractivity contribution in [2.75, 3.05) is 6.54 Å². The number of aliphatic hydroxyl groups is 1. The molecule has 0 spiro atoms. The van der Waals surface area contributed by atoms with E-state index in [1.807, 2.05) is 0 Å². The molecule has 6 nitrogen and oxygen atoms in total. The third-order valence-corrected chi connectivity index (χ3v) is 4.12. The van der Waals surface area contributed by atoms with Crippen molar-refractivity contribution in [3.63, 3.8) is 0 Å². The molecule has 0 unspecified atom stereocenters. The molecule has 1 aromatic heterocycles. The number of amides is 1. The molecule has 1 heterocycles. The second kappa shape index (κ2) is 6.45. The maximum atomic E-state index is 13.2. The van der Waals surface area contributed by atoms with Crippen LogP contribution in [0.2, 0.25) is 0 Å². The summed E-state index contributed by atoms with van der Waals surface area (Å²) in [5.41, 5.74) is 0.123. The molecule has 0 atom stereocenters. The minimum atomic E-state index is -0.798. The van der Waals surface area contributed by atoms with Crippen LogP contribution >= 0.6 is 0 Å². The van der Waals surface area contributed by atoms with E-state index in [1.165, 1.54) is 23.0 Å². The zero-order valence-corrected chi connectivity index (χ0v) is 12.7. The third-order valence-electron chi connectivity index (χ3n) is 4.12. The molecule has 0 aliphatic heterocycles. The summed E-state index contributed by atoms with van der Waals surface area (Å²) < 4.78 is 14.6. The van der Waals surface area contributed by atoms with Crippen LogP contribution in [-0.2, 0) is 6.54 Å². The number of hydrogen-bond donors (Lipinski definition) is 2. The Balaban J connectivity index is 1.59. The Morgan fingerprint density at radius 2 is 2.17 bits per heavy atom. The fraction of sp³-hybridized carbons (Fsp3) is 0.438. The van der Waals surface area contributed by atoms with Crippen LogP contribution in [0.1, 0.15) is 41.7 Å². The minimum Gasteiger partial charge on any atom is -0.388 e. The highest BCUT2D eigenvalue weighted by Crippen LogP contribution is 2.28. The number of aromatic nitrogens is 3. The van der Waals surface area contributed by atoms with E-state index in [1.54, 1.807) is 12.1 Å². The number of hydrogen-bond acceptors (Lipinski definition) is 4. The lowest BCUT2D eigenvalue weighted by Gasteiger charge is -2.21. The molecule has 1 amide bonds. The number of nitrogens with one attached hydrogen (secondary N) is 1. The SMILES string of the molecule is O=C(NCC1(O)CCCC1)c1cn(Cc2cccc(F)c2)nn1. The monoisotopic (exact) mass is 318 g/mol. The molecule has 2 N–H and O–H groups in total. The largest absolute Gasteiger partial charge is 0.388 e. The van der Waals surface area contributed by atoms with Gasteiger partial charge in [0.15, 0.2) is 5.69 Å². The maximum absolute atomic E-state index is 13.2. The van der Waals surface area contributed by atoms with Gasteiger partial charge in [0, 0.05) is 6.54 Å². The van der Waals surface area contributed by atoms with Crippen LogP contribution in [0.25, 0.3) is 0 Å². The topological polar surface area (TPSA) is 80.0 Å². The number of carbonyl (C=O) groups excluding carboxylic acids is 1. The highest BCUT2D eigenvalue weighted by atomic mass is 19.1. The fourth-order valence-electron chi connectivity index (χ4n) is 2.85. The van der Waals surface area contributed by atoms with Gasteiger partial charge in [-0.05, 0) is 30.5 Å². The maximum Gasteiger partial charge on any atom is 0.273 e. The summed E-state index contributed by atoms with van der Waals surface area (Å²) >= 11 is 0. The molecule has 0 saturated heterocycles. The molecular formula is C16H19FN4O2. The molecule has 7 heteroatoms. The molecular weight excluding hydrogens is 299 g/mol. The van der Waals surface area contributed by atoms with Gasteiger partial charge in [-0.15, -0.1) is 5.10 Å². The van der Waals surface area contributed by atoms with Gasteiger partial charge >= 0.3 is 0 Å². The molecule has 0 radical (unpaired) electrons. The Kier molecular flexibility index (Phi) is 4.38. The van der Waals surface area contributed by atoms with E-state index < -0.39 is 5.60 Å². The summed E-state index contributed by atoms with van der Waals surface area (Å²) in [7, 11) is 0. The first-order valence-corrected chi connectivity index (χ1v) is 7.69.